The number of ether oxygens (including phenoxy) is 1. The van der Waals surface area contributed by atoms with Crippen molar-refractivity contribution in [2.24, 2.45) is 0 Å². The van der Waals surface area contributed by atoms with Crippen LogP contribution in [0, 0.1) is 0 Å². The fourth-order valence-corrected chi connectivity index (χ4v) is 1.68. The summed E-state index contributed by atoms with van der Waals surface area (Å²) in [6, 6.07) is 0. The standard InChI is InChI=1S/C8H12O/c1-6-3-4-7-8(2,5-6)9-7/h3,7H,4-5H2,1-2H3/t7-,8+/m0/s1. The normalized spacial score (nSPS) is 47.8. The topological polar surface area (TPSA) is 12.5 Å². The Bertz CT molecular complexity index is 171. The highest BCUT2D eigenvalue weighted by Gasteiger charge is 2.52. The van der Waals surface area contributed by atoms with Gasteiger partial charge in [-0.05, 0) is 26.7 Å². The predicted molar refractivity (Wildman–Crippen MR) is 36.3 cm³/mol. The van der Waals surface area contributed by atoms with E-state index in [-0.39, 0.29) is 5.60 Å². The van der Waals surface area contributed by atoms with Gasteiger partial charge in [-0.25, -0.2) is 0 Å². The quantitative estimate of drug-likeness (QED) is 0.355. The molecule has 2 aliphatic rings. The minimum Gasteiger partial charge on any atom is -0.366 e. The van der Waals surface area contributed by atoms with Crippen LogP contribution >= 0.6 is 0 Å². The number of epoxide rings is 1. The maximum absolute atomic E-state index is 5.48. The van der Waals surface area contributed by atoms with Crippen LogP contribution < -0.4 is 0 Å². The van der Waals surface area contributed by atoms with Crippen LogP contribution in [0.5, 0.6) is 0 Å². The van der Waals surface area contributed by atoms with E-state index in [2.05, 4.69) is 19.9 Å². The van der Waals surface area contributed by atoms with Gasteiger partial charge >= 0.3 is 0 Å². The Kier molecular flexibility index (Phi) is 0.854. The van der Waals surface area contributed by atoms with Gasteiger partial charge in [-0.3, -0.25) is 0 Å². The summed E-state index contributed by atoms with van der Waals surface area (Å²) in [4.78, 5) is 0. The average molecular weight is 124 g/mol. The SMILES string of the molecule is CC1=CC[C@@H]2O[C@]2(C)C1. The van der Waals surface area contributed by atoms with E-state index in [1.807, 2.05) is 0 Å². The Morgan fingerprint density at radius 3 is 3.11 bits per heavy atom. The van der Waals surface area contributed by atoms with E-state index in [1.165, 1.54) is 5.57 Å². The van der Waals surface area contributed by atoms with E-state index in [4.69, 9.17) is 4.74 Å². The van der Waals surface area contributed by atoms with E-state index >= 15 is 0 Å². The average Bonchev–Trinajstić information content (AvgIpc) is 2.38. The molecule has 2 atom stereocenters. The molecular weight excluding hydrogens is 112 g/mol. The van der Waals surface area contributed by atoms with E-state index in [0.29, 0.717) is 6.10 Å². The lowest BCUT2D eigenvalue weighted by Gasteiger charge is -2.10. The molecule has 0 bridgehead atoms. The number of hydrogen-bond acceptors (Lipinski definition) is 1. The van der Waals surface area contributed by atoms with Crippen molar-refractivity contribution < 1.29 is 4.74 Å². The van der Waals surface area contributed by atoms with Crippen LogP contribution in [0.3, 0.4) is 0 Å². The van der Waals surface area contributed by atoms with Crippen molar-refractivity contribution in [1.82, 2.24) is 0 Å². The first-order valence-corrected chi connectivity index (χ1v) is 3.54. The van der Waals surface area contributed by atoms with Gasteiger partial charge in [-0.15, -0.1) is 0 Å². The summed E-state index contributed by atoms with van der Waals surface area (Å²) in [5, 5.41) is 0. The molecule has 1 nitrogen and oxygen atoms in total. The summed E-state index contributed by atoms with van der Waals surface area (Å²) in [6.45, 7) is 4.39. The van der Waals surface area contributed by atoms with Gasteiger partial charge < -0.3 is 4.74 Å². The highest BCUT2D eigenvalue weighted by atomic mass is 16.6. The molecule has 1 aliphatic heterocycles. The van der Waals surface area contributed by atoms with Crippen LogP contribution in [-0.2, 0) is 4.74 Å². The van der Waals surface area contributed by atoms with E-state index in [9.17, 15) is 0 Å². The first-order valence-electron chi connectivity index (χ1n) is 3.54. The summed E-state index contributed by atoms with van der Waals surface area (Å²) < 4.78 is 5.48. The van der Waals surface area contributed by atoms with Crippen molar-refractivity contribution in [1.29, 1.82) is 0 Å². The molecule has 0 saturated carbocycles. The molecule has 1 saturated heterocycles. The summed E-state index contributed by atoms with van der Waals surface area (Å²) in [5.74, 6) is 0. The molecule has 0 unspecified atom stereocenters. The number of hydrogen-bond donors (Lipinski definition) is 0. The first-order chi connectivity index (χ1) is 4.21. The van der Waals surface area contributed by atoms with Gasteiger partial charge in [0.1, 0.15) is 0 Å². The van der Waals surface area contributed by atoms with Gasteiger partial charge in [0, 0.05) is 0 Å². The lowest BCUT2D eigenvalue weighted by atomic mass is 9.91. The summed E-state index contributed by atoms with van der Waals surface area (Å²) in [6.07, 6.45) is 5.14. The Hall–Kier alpha value is -0.300. The van der Waals surface area contributed by atoms with E-state index in [0.717, 1.165) is 12.8 Å². The van der Waals surface area contributed by atoms with Gasteiger partial charge in [0.15, 0.2) is 0 Å². The number of rotatable bonds is 0. The second-order valence-corrected chi connectivity index (χ2v) is 3.38. The smallest absolute Gasteiger partial charge is 0.0960 e. The zero-order valence-electron chi connectivity index (χ0n) is 5.98. The van der Waals surface area contributed by atoms with E-state index in [1.54, 1.807) is 0 Å². The lowest BCUT2D eigenvalue weighted by Crippen LogP contribution is -2.13. The second kappa shape index (κ2) is 1.40. The predicted octanol–water partition coefficient (Wildman–Crippen LogP) is 1.88. The molecule has 9 heavy (non-hydrogen) atoms. The number of fused-ring (bicyclic) bond motifs is 1. The van der Waals surface area contributed by atoms with Crippen LogP contribution in [0.1, 0.15) is 26.7 Å². The lowest BCUT2D eigenvalue weighted by molar-refractivity contribution is 0.311. The third kappa shape index (κ3) is 0.715. The second-order valence-electron chi connectivity index (χ2n) is 3.38. The molecule has 0 radical (unpaired) electrons. The first kappa shape index (κ1) is 5.48. The summed E-state index contributed by atoms with van der Waals surface area (Å²) in [7, 11) is 0. The molecule has 1 fully saturated rings. The molecule has 0 aromatic carbocycles. The molecular formula is C8H12O. The van der Waals surface area contributed by atoms with Crippen molar-refractivity contribution in [3.63, 3.8) is 0 Å². The highest BCUT2D eigenvalue weighted by molar-refractivity contribution is 5.18. The molecule has 1 heterocycles. The van der Waals surface area contributed by atoms with Gasteiger partial charge in [-0.2, -0.15) is 0 Å². The van der Waals surface area contributed by atoms with Crippen LogP contribution in [0.25, 0.3) is 0 Å². The molecule has 0 aromatic heterocycles. The van der Waals surface area contributed by atoms with Crippen molar-refractivity contribution in [2.75, 3.05) is 0 Å². The molecule has 2 rings (SSSR count). The van der Waals surface area contributed by atoms with Crippen molar-refractivity contribution in [2.45, 2.75) is 38.4 Å². The zero-order valence-corrected chi connectivity index (χ0v) is 5.98. The molecule has 1 aliphatic carbocycles. The van der Waals surface area contributed by atoms with Crippen molar-refractivity contribution >= 4 is 0 Å². The largest absolute Gasteiger partial charge is 0.366 e. The zero-order chi connectivity index (χ0) is 6.48. The Morgan fingerprint density at radius 1 is 1.78 bits per heavy atom. The summed E-state index contributed by atoms with van der Waals surface area (Å²) in [5.41, 5.74) is 1.74. The highest BCUT2D eigenvalue weighted by Crippen LogP contribution is 2.46. The summed E-state index contributed by atoms with van der Waals surface area (Å²) >= 11 is 0. The van der Waals surface area contributed by atoms with Crippen LogP contribution in [0.15, 0.2) is 11.6 Å². The van der Waals surface area contributed by atoms with Crippen LogP contribution in [0.2, 0.25) is 0 Å². The van der Waals surface area contributed by atoms with Crippen molar-refractivity contribution in [3.05, 3.63) is 11.6 Å². The van der Waals surface area contributed by atoms with Gasteiger partial charge in [0.05, 0.1) is 11.7 Å². The van der Waals surface area contributed by atoms with Crippen LogP contribution in [0.4, 0.5) is 0 Å². The van der Waals surface area contributed by atoms with Gasteiger partial charge in [-0.1, -0.05) is 11.6 Å². The Balaban J connectivity index is 2.17. The fraction of sp³-hybridized carbons (Fsp3) is 0.750. The molecule has 0 spiro atoms. The van der Waals surface area contributed by atoms with Crippen molar-refractivity contribution in [3.8, 4) is 0 Å². The molecule has 0 aromatic rings. The minimum absolute atomic E-state index is 0.249. The maximum atomic E-state index is 5.48. The molecule has 0 N–H and O–H groups in total. The monoisotopic (exact) mass is 124 g/mol. The third-order valence-electron chi connectivity index (χ3n) is 2.35. The molecule has 0 amide bonds. The fourth-order valence-electron chi connectivity index (χ4n) is 1.68. The molecule has 50 valence electrons. The van der Waals surface area contributed by atoms with Gasteiger partial charge in [0.2, 0.25) is 0 Å². The van der Waals surface area contributed by atoms with E-state index < -0.39 is 0 Å². The third-order valence-corrected chi connectivity index (χ3v) is 2.35. The van der Waals surface area contributed by atoms with Gasteiger partial charge in [0.25, 0.3) is 0 Å². The minimum atomic E-state index is 0.249. The maximum Gasteiger partial charge on any atom is 0.0960 e. The Labute approximate surface area is 55.7 Å². The van der Waals surface area contributed by atoms with Crippen LogP contribution in [-0.4, -0.2) is 11.7 Å². The Morgan fingerprint density at radius 2 is 2.56 bits per heavy atom. The molecule has 1 heteroatoms.